The topological polar surface area (TPSA) is 38.9 Å². The lowest BCUT2D eigenvalue weighted by Gasteiger charge is -2.07. The van der Waals surface area contributed by atoms with E-state index in [1.54, 1.807) is 6.20 Å². The van der Waals surface area contributed by atoms with Gasteiger partial charge in [0.1, 0.15) is 0 Å². The summed E-state index contributed by atoms with van der Waals surface area (Å²) in [6, 6.07) is 12.2. The van der Waals surface area contributed by atoms with E-state index >= 15 is 0 Å². The molecule has 2 aromatic rings. The Morgan fingerprint density at radius 3 is 2.73 bits per heavy atom. The van der Waals surface area contributed by atoms with Gasteiger partial charge in [-0.1, -0.05) is 23.8 Å². The van der Waals surface area contributed by atoms with E-state index in [1.165, 1.54) is 5.56 Å². The van der Waals surface area contributed by atoms with E-state index in [4.69, 9.17) is 5.73 Å². The molecule has 1 aromatic heterocycles. The van der Waals surface area contributed by atoms with Crippen LogP contribution in [-0.2, 0) is 6.54 Å². The molecule has 0 bridgehead atoms. The maximum atomic E-state index is 5.71. The minimum absolute atomic E-state index is 0.548. The van der Waals surface area contributed by atoms with Gasteiger partial charge in [0, 0.05) is 18.3 Å². The molecule has 0 aliphatic carbocycles. The smallest absolute Gasteiger partial charge is 0.0705 e. The van der Waals surface area contributed by atoms with Gasteiger partial charge in [0.05, 0.1) is 5.69 Å². The van der Waals surface area contributed by atoms with E-state index in [0.717, 1.165) is 16.8 Å². The van der Waals surface area contributed by atoms with Gasteiger partial charge in [0.25, 0.3) is 0 Å². The summed E-state index contributed by atoms with van der Waals surface area (Å²) in [5, 5.41) is 0. The molecular weight excluding hydrogens is 184 g/mol. The Bertz CT molecular complexity index is 449. The molecule has 1 aromatic carbocycles. The van der Waals surface area contributed by atoms with Crippen LogP contribution < -0.4 is 5.73 Å². The zero-order valence-electron chi connectivity index (χ0n) is 8.77. The maximum absolute atomic E-state index is 5.71. The molecule has 2 nitrogen and oxygen atoms in total. The number of rotatable bonds is 2. The van der Waals surface area contributed by atoms with Gasteiger partial charge in [-0.15, -0.1) is 0 Å². The van der Waals surface area contributed by atoms with Crippen LogP contribution in [0.15, 0.2) is 42.6 Å². The largest absolute Gasteiger partial charge is 0.326 e. The molecule has 0 spiro atoms. The molecule has 0 atom stereocenters. The van der Waals surface area contributed by atoms with Crippen LogP contribution in [0.1, 0.15) is 11.1 Å². The van der Waals surface area contributed by atoms with Crippen LogP contribution >= 0.6 is 0 Å². The van der Waals surface area contributed by atoms with Crippen LogP contribution in [0.4, 0.5) is 0 Å². The first-order valence-corrected chi connectivity index (χ1v) is 5.02. The molecular formula is C13H14N2. The zero-order valence-corrected chi connectivity index (χ0v) is 8.77. The first-order chi connectivity index (χ1) is 7.31. The Labute approximate surface area is 89.8 Å². The number of benzene rings is 1. The number of pyridine rings is 1. The molecule has 0 saturated carbocycles. The molecule has 0 radical (unpaired) electrons. The average Bonchev–Trinajstić information content (AvgIpc) is 2.30. The fourth-order valence-corrected chi connectivity index (χ4v) is 1.63. The molecule has 2 N–H and O–H groups in total. The summed E-state index contributed by atoms with van der Waals surface area (Å²) in [6.45, 7) is 2.62. The van der Waals surface area contributed by atoms with Crippen LogP contribution in [0.3, 0.4) is 0 Å². The van der Waals surface area contributed by atoms with Crippen molar-refractivity contribution >= 4 is 0 Å². The minimum atomic E-state index is 0.548. The van der Waals surface area contributed by atoms with Gasteiger partial charge < -0.3 is 5.73 Å². The molecule has 0 fully saturated rings. The minimum Gasteiger partial charge on any atom is -0.326 e. The number of aromatic nitrogens is 1. The molecule has 0 amide bonds. The average molecular weight is 198 g/mol. The molecule has 2 heteroatoms. The quantitative estimate of drug-likeness (QED) is 0.805. The SMILES string of the molecule is Cc1ccc(CN)c(-c2ccccn2)c1. The van der Waals surface area contributed by atoms with E-state index in [1.807, 2.05) is 18.2 Å². The van der Waals surface area contributed by atoms with Gasteiger partial charge in [-0.05, 0) is 30.7 Å². The van der Waals surface area contributed by atoms with E-state index in [2.05, 4.69) is 30.1 Å². The molecule has 0 saturated heterocycles. The van der Waals surface area contributed by atoms with Crippen molar-refractivity contribution < 1.29 is 0 Å². The lowest BCUT2D eigenvalue weighted by atomic mass is 10.0. The van der Waals surface area contributed by atoms with E-state index in [9.17, 15) is 0 Å². The van der Waals surface area contributed by atoms with Crippen LogP contribution in [0.2, 0.25) is 0 Å². The lowest BCUT2D eigenvalue weighted by molar-refractivity contribution is 1.07. The standard InChI is InChI=1S/C13H14N2/c1-10-5-6-11(9-14)12(8-10)13-4-2-3-7-15-13/h2-8H,9,14H2,1H3. The van der Waals surface area contributed by atoms with Crippen molar-refractivity contribution in [3.63, 3.8) is 0 Å². The Morgan fingerprint density at radius 2 is 2.07 bits per heavy atom. The first kappa shape index (κ1) is 9.87. The molecule has 15 heavy (non-hydrogen) atoms. The van der Waals surface area contributed by atoms with Crippen LogP contribution in [0, 0.1) is 6.92 Å². The van der Waals surface area contributed by atoms with Gasteiger partial charge in [0.15, 0.2) is 0 Å². The fourth-order valence-electron chi connectivity index (χ4n) is 1.63. The molecule has 0 aliphatic heterocycles. The summed E-state index contributed by atoms with van der Waals surface area (Å²) < 4.78 is 0. The summed E-state index contributed by atoms with van der Waals surface area (Å²) in [6.07, 6.45) is 1.80. The van der Waals surface area contributed by atoms with Crippen molar-refractivity contribution in [2.75, 3.05) is 0 Å². The Balaban J connectivity index is 2.56. The normalized spacial score (nSPS) is 10.3. The van der Waals surface area contributed by atoms with E-state index < -0.39 is 0 Å². The van der Waals surface area contributed by atoms with Crippen LogP contribution in [-0.4, -0.2) is 4.98 Å². The second-order valence-electron chi connectivity index (χ2n) is 3.58. The molecule has 76 valence electrons. The van der Waals surface area contributed by atoms with Crippen LogP contribution in [0.25, 0.3) is 11.3 Å². The third-order valence-corrected chi connectivity index (χ3v) is 2.43. The second kappa shape index (κ2) is 4.24. The Morgan fingerprint density at radius 1 is 1.20 bits per heavy atom. The molecule has 2 rings (SSSR count). The number of aryl methyl sites for hydroxylation is 1. The van der Waals surface area contributed by atoms with E-state index in [0.29, 0.717) is 6.54 Å². The highest BCUT2D eigenvalue weighted by Gasteiger charge is 2.04. The number of nitrogens with zero attached hydrogens (tertiary/aromatic N) is 1. The lowest BCUT2D eigenvalue weighted by Crippen LogP contribution is -1.99. The highest BCUT2D eigenvalue weighted by molar-refractivity contribution is 5.64. The van der Waals surface area contributed by atoms with Gasteiger partial charge in [-0.25, -0.2) is 0 Å². The molecule has 0 unspecified atom stereocenters. The monoisotopic (exact) mass is 198 g/mol. The van der Waals surface area contributed by atoms with Crippen molar-refractivity contribution in [3.8, 4) is 11.3 Å². The van der Waals surface area contributed by atoms with Crippen molar-refractivity contribution in [2.24, 2.45) is 5.73 Å². The van der Waals surface area contributed by atoms with Crippen molar-refractivity contribution in [3.05, 3.63) is 53.7 Å². The maximum Gasteiger partial charge on any atom is 0.0705 e. The summed E-state index contributed by atoms with van der Waals surface area (Å²) in [5.74, 6) is 0. The Hall–Kier alpha value is -1.67. The van der Waals surface area contributed by atoms with Crippen molar-refractivity contribution in [2.45, 2.75) is 13.5 Å². The number of hydrogen-bond acceptors (Lipinski definition) is 2. The third kappa shape index (κ3) is 2.05. The third-order valence-electron chi connectivity index (χ3n) is 2.43. The van der Waals surface area contributed by atoms with Gasteiger partial charge >= 0.3 is 0 Å². The van der Waals surface area contributed by atoms with E-state index in [-0.39, 0.29) is 0 Å². The molecule has 1 heterocycles. The predicted octanol–water partition coefficient (Wildman–Crippen LogP) is 2.52. The summed E-state index contributed by atoms with van der Waals surface area (Å²) in [4.78, 5) is 4.34. The first-order valence-electron chi connectivity index (χ1n) is 5.02. The van der Waals surface area contributed by atoms with Crippen molar-refractivity contribution in [1.29, 1.82) is 0 Å². The van der Waals surface area contributed by atoms with Crippen LogP contribution in [0.5, 0.6) is 0 Å². The summed E-state index contributed by atoms with van der Waals surface area (Å²) in [5.41, 5.74) is 10.2. The second-order valence-corrected chi connectivity index (χ2v) is 3.58. The summed E-state index contributed by atoms with van der Waals surface area (Å²) in [7, 11) is 0. The van der Waals surface area contributed by atoms with Gasteiger partial charge in [0.2, 0.25) is 0 Å². The highest BCUT2D eigenvalue weighted by atomic mass is 14.7. The van der Waals surface area contributed by atoms with Gasteiger partial charge in [-0.2, -0.15) is 0 Å². The highest BCUT2D eigenvalue weighted by Crippen LogP contribution is 2.22. The number of nitrogens with two attached hydrogens (primary N) is 1. The van der Waals surface area contributed by atoms with Crippen molar-refractivity contribution in [1.82, 2.24) is 4.98 Å². The van der Waals surface area contributed by atoms with Gasteiger partial charge in [-0.3, -0.25) is 4.98 Å². The molecule has 0 aliphatic rings. The summed E-state index contributed by atoms with van der Waals surface area (Å²) >= 11 is 0. The fraction of sp³-hybridized carbons (Fsp3) is 0.154. The zero-order chi connectivity index (χ0) is 10.7. The predicted molar refractivity (Wildman–Crippen MR) is 62.3 cm³/mol. The Kier molecular flexibility index (Phi) is 2.79. The number of hydrogen-bond donors (Lipinski definition) is 1.